The molecule has 5 heterocycles. The molecule has 0 spiro atoms. The zero-order valence-corrected chi connectivity index (χ0v) is 23.4. The molecule has 204 valence electrons. The third-order valence-electron chi connectivity index (χ3n) is 6.26. The van der Waals surface area contributed by atoms with Gasteiger partial charge in [0.25, 0.3) is 11.5 Å². The molecule has 0 aliphatic rings. The summed E-state index contributed by atoms with van der Waals surface area (Å²) in [6.45, 7) is 3.45. The molecule has 0 fully saturated rings. The van der Waals surface area contributed by atoms with Crippen molar-refractivity contribution >= 4 is 34.7 Å². The van der Waals surface area contributed by atoms with Crippen molar-refractivity contribution in [2.45, 2.75) is 26.9 Å². The highest BCUT2D eigenvalue weighted by molar-refractivity contribution is 7.16. The molecule has 5 aromatic rings. The monoisotopic (exact) mass is 575 g/mol. The lowest BCUT2D eigenvalue weighted by Crippen LogP contribution is -2.34. The minimum atomic E-state index is -1.09. The fraction of sp³-hybridized carbons (Fsp3) is 0.214. The molecule has 0 bridgehead atoms. The Hall–Kier alpha value is -4.19. The number of aliphatic hydroxyl groups is 1. The molecular weight excluding hydrogens is 550 g/mol. The molecule has 2 N–H and O–H groups in total. The van der Waals surface area contributed by atoms with Crippen LogP contribution in [0, 0.1) is 5.41 Å². The second-order valence-corrected chi connectivity index (χ2v) is 11.5. The van der Waals surface area contributed by atoms with Crippen molar-refractivity contribution in [2.24, 2.45) is 5.41 Å². The molecule has 0 aliphatic heterocycles. The Morgan fingerprint density at radius 3 is 2.60 bits per heavy atom. The molecule has 12 heteroatoms. The van der Waals surface area contributed by atoms with Gasteiger partial charge in [0.1, 0.15) is 11.5 Å². The van der Waals surface area contributed by atoms with E-state index >= 15 is 0 Å². The SMILES string of the molecule is CC(C)(CO)C(=O)n1nc(-c2ccc(-c3ccccn3)c(=O)n2Cc2cnccn2)cc1NCc1ccc(Cl)s1. The van der Waals surface area contributed by atoms with E-state index in [1.807, 2.05) is 12.1 Å². The zero-order valence-electron chi connectivity index (χ0n) is 21.8. The van der Waals surface area contributed by atoms with E-state index in [9.17, 15) is 14.7 Å². The van der Waals surface area contributed by atoms with Crippen LogP contribution in [0.3, 0.4) is 0 Å². The van der Waals surface area contributed by atoms with Crippen LogP contribution in [-0.4, -0.2) is 46.9 Å². The Balaban J connectivity index is 1.63. The summed E-state index contributed by atoms with van der Waals surface area (Å²) in [5.41, 5.74) is 1.02. The largest absolute Gasteiger partial charge is 0.395 e. The highest BCUT2D eigenvalue weighted by atomic mass is 35.5. The summed E-state index contributed by atoms with van der Waals surface area (Å²) >= 11 is 7.51. The van der Waals surface area contributed by atoms with E-state index in [0.717, 1.165) is 4.88 Å². The number of halogens is 1. The Kier molecular flexibility index (Phi) is 7.88. The minimum absolute atomic E-state index is 0.127. The van der Waals surface area contributed by atoms with Gasteiger partial charge in [-0.05, 0) is 50.2 Å². The van der Waals surface area contributed by atoms with Crippen molar-refractivity contribution in [1.82, 2.24) is 29.3 Å². The van der Waals surface area contributed by atoms with Gasteiger partial charge in [0.05, 0.1) is 58.3 Å². The Morgan fingerprint density at radius 1 is 1.07 bits per heavy atom. The average molecular weight is 576 g/mol. The van der Waals surface area contributed by atoms with Gasteiger partial charge in [-0.25, -0.2) is 0 Å². The van der Waals surface area contributed by atoms with Crippen molar-refractivity contribution in [3.8, 4) is 22.6 Å². The lowest BCUT2D eigenvalue weighted by Gasteiger charge is -2.20. The Morgan fingerprint density at radius 2 is 1.93 bits per heavy atom. The Bertz CT molecular complexity index is 1700. The highest BCUT2D eigenvalue weighted by Crippen LogP contribution is 2.28. The van der Waals surface area contributed by atoms with Crippen LogP contribution in [0.25, 0.3) is 22.6 Å². The van der Waals surface area contributed by atoms with Crippen molar-refractivity contribution in [3.05, 3.63) is 98.6 Å². The van der Waals surface area contributed by atoms with E-state index in [1.165, 1.54) is 16.0 Å². The van der Waals surface area contributed by atoms with Gasteiger partial charge in [-0.1, -0.05) is 17.7 Å². The van der Waals surface area contributed by atoms with Gasteiger partial charge < -0.3 is 15.0 Å². The van der Waals surface area contributed by atoms with Crippen molar-refractivity contribution in [1.29, 1.82) is 0 Å². The molecule has 40 heavy (non-hydrogen) atoms. The number of rotatable bonds is 9. The number of hydrogen-bond donors (Lipinski definition) is 2. The second-order valence-electron chi connectivity index (χ2n) is 9.67. The van der Waals surface area contributed by atoms with Gasteiger partial charge in [-0.3, -0.25) is 24.5 Å². The van der Waals surface area contributed by atoms with Crippen LogP contribution < -0.4 is 10.9 Å². The van der Waals surface area contributed by atoms with E-state index in [1.54, 1.807) is 79.6 Å². The van der Waals surface area contributed by atoms with E-state index in [2.05, 4.69) is 25.4 Å². The lowest BCUT2D eigenvalue weighted by molar-refractivity contribution is 0.0616. The van der Waals surface area contributed by atoms with Crippen LogP contribution in [0.1, 0.15) is 29.2 Å². The standard InChI is InChI=1S/C28H26ClN7O3S/c1-28(2,17-37)27(39)36-25(33-15-19-6-9-24(29)40-19)13-22(34-36)23-8-7-20(21-5-3-4-10-32-21)26(38)35(23)16-18-14-30-11-12-31-18/h3-14,33,37H,15-17H2,1-2H3. The first-order chi connectivity index (χ1) is 19.3. The molecule has 5 rings (SSSR count). The average Bonchev–Trinajstić information content (AvgIpc) is 3.59. The summed E-state index contributed by atoms with van der Waals surface area (Å²) in [7, 11) is 0. The first-order valence-corrected chi connectivity index (χ1v) is 13.6. The minimum Gasteiger partial charge on any atom is -0.395 e. The van der Waals surface area contributed by atoms with Gasteiger partial charge in [-0.2, -0.15) is 9.78 Å². The molecule has 0 unspecified atom stereocenters. The van der Waals surface area contributed by atoms with Gasteiger partial charge in [0.15, 0.2) is 0 Å². The number of anilines is 1. The summed E-state index contributed by atoms with van der Waals surface area (Å²) in [5, 5.41) is 17.8. The molecular formula is C28H26ClN7O3S. The van der Waals surface area contributed by atoms with E-state index in [-0.39, 0.29) is 18.7 Å². The fourth-order valence-corrected chi connectivity index (χ4v) is 5.04. The molecule has 0 atom stereocenters. The molecule has 10 nitrogen and oxygen atoms in total. The van der Waals surface area contributed by atoms with Crippen LogP contribution >= 0.6 is 22.9 Å². The maximum atomic E-state index is 13.8. The number of pyridine rings is 2. The van der Waals surface area contributed by atoms with E-state index in [0.29, 0.717) is 45.0 Å². The smallest absolute Gasteiger partial charge is 0.260 e. The Labute approximate surface area is 239 Å². The number of carbonyl (C=O) groups is 1. The predicted molar refractivity (Wildman–Crippen MR) is 154 cm³/mol. The molecule has 0 saturated carbocycles. The molecule has 0 radical (unpaired) electrons. The second kappa shape index (κ2) is 11.5. The molecule has 0 aromatic carbocycles. The fourth-order valence-electron chi connectivity index (χ4n) is 4.02. The van der Waals surface area contributed by atoms with Crippen molar-refractivity contribution in [3.63, 3.8) is 0 Å². The van der Waals surface area contributed by atoms with E-state index < -0.39 is 11.3 Å². The topological polar surface area (TPSA) is 128 Å². The van der Waals surface area contributed by atoms with Crippen LogP contribution in [0.15, 0.2) is 78.1 Å². The van der Waals surface area contributed by atoms with Crippen LogP contribution in [0.2, 0.25) is 4.34 Å². The first-order valence-electron chi connectivity index (χ1n) is 12.4. The predicted octanol–water partition coefficient (Wildman–Crippen LogP) is 4.60. The number of aliphatic hydroxyl groups excluding tert-OH is 1. The first kappa shape index (κ1) is 27.4. The van der Waals surface area contributed by atoms with Crippen LogP contribution in [-0.2, 0) is 13.1 Å². The quantitative estimate of drug-likeness (QED) is 0.261. The maximum absolute atomic E-state index is 13.8. The molecule has 0 amide bonds. The summed E-state index contributed by atoms with van der Waals surface area (Å²) < 4.78 is 3.44. The van der Waals surface area contributed by atoms with Crippen LogP contribution in [0.4, 0.5) is 5.82 Å². The number of hydrogen-bond acceptors (Lipinski definition) is 9. The summed E-state index contributed by atoms with van der Waals surface area (Å²) in [6, 6.07) is 14.3. The third-order valence-corrected chi connectivity index (χ3v) is 7.49. The lowest BCUT2D eigenvalue weighted by atomic mass is 9.94. The zero-order chi connectivity index (χ0) is 28.3. The maximum Gasteiger partial charge on any atom is 0.260 e. The van der Waals surface area contributed by atoms with Gasteiger partial charge in [0, 0.05) is 29.5 Å². The summed E-state index contributed by atoms with van der Waals surface area (Å²) in [5.74, 6) is 0.0132. The van der Waals surface area contributed by atoms with Gasteiger partial charge in [0.2, 0.25) is 0 Å². The van der Waals surface area contributed by atoms with Crippen LogP contribution in [0.5, 0.6) is 0 Å². The van der Waals surface area contributed by atoms with Gasteiger partial charge in [-0.15, -0.1) is 11.3 Å². The third kappa shape index (κ3) is 5.71. The normalized spacial score (nSPS) is 11.5. The number of aromatic nitrogens is 6. The molecule has 0 aliphatic carbocycles. The number of thiophene rings is 1. The molecule has 5 aromatic heterocycles. The highest BCUT2D eigenvalue weighted by Gasteiger charge is 2.31. The van der Waals surface area contributed by atoms with E-state index in [4.69, 9.17) is 11.6 Å². The summed E-state index contributed by atoms with van der Waals surface area (Å²) in [4.78, 5) is 41.1. The van der Waals surface area contributed by atoms with Gasteiger partial charge >= 0.3 is 0 Å². The number of nitrogens with one attached hydrogen (secondary N) is 1. The number of carbonyl (C=O) groups excluding carboxylic acids is 1. The van der Waals surface area contributed by atoms with Crippen molar-refractivity contribution in [2.75, 3.05) is 11.9 Å². The number of nitrogens with zero attached hydrogens (tertiary/aromatic N) is 6. The summed E-state index contributed by atoms with van der Waals surface area (Å²) in [6.07, 6.45) is 6.34. The molecule has 0 saturated heterocycles. The van der Waals surface area contributed by atoms with Crippen molar-refractivity contribution < 1.29 is 9.90 Å².